The smallest absolute Gasteiger partial charge is 0.253 e. The second-order valence-corrected chi connectivity index (χ2v) is 6.32. The van der Waals surface area contributed by atoms with Crippen LogP contribution in [0.25, 0.3) is 11.3 Å². The number of rotatable bonds is 7. The average molecular weight is 363 g/mol. The number of hydrogen-bond acceptors (Lipinski definition) is 4. The van der Waals surface area contributed by atoms with E-state index >= 15 is 0 Å². The van der Waals surface area contributed by atoms with Gasteiger partial charge in [-0.05, 0) is 30.7 Å². The molecular formula is C21H21N3O3. The molecule has 3 rings (SSSR count). The fraction of sp³-hybridized carbons (Fsp3) is 0.190. The Kier molecular flexibility index (Phi) is 5.66. The monoisotopic (exact) mass is 363 g/mol. The number of carbonyl (C=O) groups is 2. The molecule has 2 amide bonds. The lowest BCUT2D eigenvalue weighted by Gasteiger charge is -2.16. The molecular weight excluding hydrogens is 342 g/mol. The Bertz CT molecular complexity index is 917. The number of aromatic nitrogens is 1. The SMILES string of the molecule is CN(CCCc1cc(-c2ccccc2)no1)C(=O)c1ccc(C(N)=O)cc1. The van der Waals surface area contributed by atoms with Crippen molar-refractivity contribution in [3.63, 3.8) is 0 Å². The highest BCUT2D eigenvalue weighted by molar-refractivity contribution is 5.97. The van der Waals surface area contributed by atoms with E-state index in [1.54, 1.807) is 36.2 Å². The van der Waals surface area contributed by atoms with Gasteiger partial charge in [0, 0.05) is 42.8 Å². The molecule has 6 heteroatoms. The molecule has 0 saturated carbocycles. The zero-order valence-corrected chi connectivity index (χ0v) is 15.1. The minimum Gasteiger partial charge on any atom is -0.366 e. The molecule has 0 spiro atoms. The Morgan fingerprint density at radius 3 is 2.37 bits per heavy atom. The summed E-state index contributed by atoms with van der Waals surface area (Å²) < 4.78 is 5.38. The zero-order chi connectivity index (χ0) is 19.2. The lowest BCUT2D eigenvalue weighted by Crippen LogP contribution is -2.28. The molecule has 6 nitrogen and oxygen atoms in total. The van der Waals surface area contributed by atoms with E-state index in [2.05, 4.69) is 5.16 Å². The van der Waals surface area contributed by atoms with Crippen molar-refractivity contribution in [3.05, 3.63) is 77.6 Å². The van der Waals surface area contributed by atoms with Crippen LogP contribution in [0.2, 0.25) is 0 Å². The summed E-state index contributed by atoms with van der Waals surface area (Å²) in [6.07, 6.45) is 1.45. The molecule has 3 aromatic rings. The van der Waals surface area contributed by atoms with Gasteiger partial charge >= 0.3 is 0 Å². The summed E-state index contributed by atoms with van der Waals surface area (Å²) in [5.74, 6) is 0.179. The van der Waals surface area contributed by atoms with Crippen LogP contribution in [0, 0.1) is 0 Å². The molecule has 0 saturated heterocycles. The maximum Gasteiger partial charge on any atom is 0.253 e. The normalized spacial score (nSPS) is 10.6. The highest BCUT2D eigenvalue weighted by atomic mass is 16.5. The molecule has 0 bridgehead atoms. The maximum atomic E-state index is 12.4. The van der Waals surface area contributed by atoms with E-state index in [0.29, 0.717) is 24.1 Å². The summed E-state index contributed by atoms with van der Waals surface area (Å²) >= 11 is 0. The van der Waals surface area contributed by atoms with Gasteiger partial charge in [0.15, 0.2) is 0 Å². The van der Waals surface area contributed by atoms with Crippen LogP contribution in [0.15, 0.2) is 65.2 Å². The molecule has 2 N–H and O–H groups in total. The molecule has 2 aromatic carbocycles. The number of carbonyl (C=O) groups excluding carboxylic acids is 2. The van der Waals surface area contributed by atoms with Gasteiger partial charge in [-0.2, -0.15) is 0 Å². The summed E-state index contributed by atoms with van der Waals surface area (Å²) in [7, 11) is 1.75. The van der Waals surface area contributed by atoms with E-state index in [0.717, 1.165) is 23.4 Å². The molecule has 0 aliphatic carbocycles. The Labute approximate surface area is 157 Å². The van der Waals surface area contributed by atoms with E-state index in [-0.39, 0.29) is 5.91 Å². The van der Waals surface area contributed by atoms with Crippen LogP contribution in [-0.4, -0.2) is 35.5 Å². The number of benzene rings is 2. The van der Waals surface area contributed by atoms with Gasteiger partial charge in [-0.3, -0.25) is 9.59 Å². The molecule has 0 aliphatic rings. The van der Waals surface area contributed by atoms with Crippen molar-refractivity contribution < 1.29 is 14.1 Å². The third kappa shape index (κ3) is 4.61. The second-order valence-electron chi connectivity index (χ2n) is 6.32. The van der Waals surface area contributed by atoms with Crippen molar-refractivity contribution in [3.8, 4) is 11.3 Å². The van der Waals surface area contributed by atoms with Crippen LogP contribution in [0.4, 0.5) is 0 Å². The molecule has 138 valence electrons. The van der Waals surface area contributed by atoms with Gasteiger partial charge in [-0.15, -0.1) is 0 Å². The van der Waals surface area contributed by atoms with Crippen LogP contribution in [-0.2, 0) is 6.42 Å². The van der Waals surface area contributed by atoms with Gasteiger partial charge in [-0.25, -0.2) is 0 Å². The number of aryl methyl sites for hydroxylation is 1. The fourth-order valence-electron chi connectivity index (χ4n) is 2.77. The van der Waals surface area contributed by atoms with Gasteiger partial charge in [0.1, 0.15) is 11.5 Å². The van der Waals surface area contributed by atoms with E-state index in [1.807, 2.05) is 36.4 Å². The summed E-state index contributed by atoms with van der Waals surface area (Å²) in [6.45, 7) is 0.581. The summed E-state index contributed by atoms with van der Waals surface area (Å²) in [6, 6.07) is 18.1. The fourth-order valence-corrected chi connectivity index (χ4v) is 2.77. The van der Waals surface area contributed by atoms with Crippen LogP contribution in [0.5, 0.6) is 0 Å². The molecule has 1 heterocycles. The van der Waals surface area contributed by atoms with Gasteiger partial charge in [0.05, 0.1) is 0 Å². The van der Waals surface area contributed by atoms with Crippen molar-refractivity contribution in [2.75, 3.05) is 13.6 Å². The first-order valence-corrected chi connectivity index (χ1v) is 8.71. The second kappa shape index (κ2) is 8.31. The predicted octanol–water partition coefficient (Wildman–Crippen LogP) is 3.15. The summed E-state index contributed by atoms with van der Waals surface area (Å²) in [5.41, 5.74) is 7.94. The quantitative estimate of drug-likeness (QED) is 0.698. The van der Waals surface area contributed by atoms with Gasteiger partial charge < -0.3 is 15.2 Å². The first-order chi connectivity index (χ1) is 13.0. The highest BCUT2D eigenvalue weighted by Crippen LogP contribution is 2.19. The lowest BCUT2D eigenvalue weighted by molar-refractivity contribution is 0.0792. The first-order valence-electron chi connectivity index (χ1n) is 8.71. The molecule has 0 radical (unpaired) electrons. The van der Waals surface area contributed by atoms with E-state index in [1.165, 1.54) is 0 Å². The van der Waals surface area contributed by atoms with E-state index < -0.39 is 5.91 Å². The summed E-state index contributed by atoms with van der Waals surface area (Å²) in [5, 5.41) is 4.10. The van der Waals surface area contributed by atoms with Gasteiger partial charge in [0.2, 0.25) is 5.91 Å². The molecule has 0 atom stereocenters. The topological polar surface area (TPSA) is 89.4 Å². The van der Waals surface area contributed by atoms with Crippen molar-refractivity contribution in [2.45, 2.75) is 12.8 Å². The number of hydrogen-bond donors (Lipinski definition) is 1. The minimum absolute atomic E-state index is 0.103. The van der Waals surface area contributed by atoms with Crippen molar-refractivity contribution in [2.24, 2.45) is 5.73 Å². The number of nitrogens with two attached hydrogens (primary N) is 1. The Morgan fingerprint density at radius 1 is 1.04 bits per heavy atom. The third-order valence-corrected chi connectivity index (χ3v) is 4.31. The van der Waals surface area contributed by atoms with Crippen LogP contribution in [0.1, 0.15) is 32.9 Å². The number of nitrogens with zero attached hydrogens (tertiary/aromatic N) is 2. The molecule has 1 aromatic heterocycles. The van der Waals surface area contributed by atoms with Crippen molar-refractivity contribution >= 4 is 11.8 Å². The lowest BCUT2D eigenvalue weighted by atomic mass is 10.1. The summed E-state index contributed by atoms with van der Waals surface area (Å²) in [4.78, 5) is 25.2. The zero-order valence-electron chi connectivity index (χ0n) is 15.1. The third-order valence-electron chi connectivity index (χ3n) is 4.31. The van der Waals surface area contributed by atoms with Gasteiger partial charge in [0.25, 0.3) is 5.91 Å². The highest BCUT2D eigenvalue weighted by Gasteiger charge is 2.13. The molecule has 27 heavy (non-hydrogen) atoms. The largest absolute Gasteiger partial charge is 0.366 e. The van der Waals surface area contributed by atoms with Crippen LogP contribution < -0.4 is 5.73 Å². The van der Waals surface area contributed by atoms with Crippen molar-refractivity contribution in [1.29, 1.82) is 0 Å². The van der Waals surface area contributed by atoms with E-state index in [4.69, 9.17) is 10.3 Å². The Hall–Kier alpha value is -3.41. The Morgan fingerprint density at radius 2 is 1.70 bits per heavy atom. The van der Waals surface area contributed by atoms with E-state index in [9.17, 15) is 9.59 Å². The molecule has 0 aliphatic heterocycles. The average Bonchev–Trinajstić information content (AvgIpc) is 3.17. The predicted molar refractivity (Wildman–Crippen MR) is 102 cm³/mol. The number of primary amides is 1. The Balaban J connectivity index is 1.52. The van der Waals surface area contributed by atoms with Gasteiger partial charge in [-0.1, -0.05) is 35.5 Å². The minimum atomic E-state index is -0.510. The van der Waals surface area contributed by atoms with Crippen molar-refractivity contribution in [1.82, 2.24) is 10.1 Å². The standard InChI is InChI=1S/C21H21N3O3/c1-24(21(26)17-11-9-16(10-12-17)20(22)25)13-5-8-18-14-19(23-27-18)15-6-3-2-4-7-15/h2-4,6-7,9-12,14H,5,8,13H2,1H3,(H2,22,25). The maximum absolute atomic E-state index is 12.4. The molecule has 0 unspecified atom stereocenters. The first kappa shape index (κ1) is 18.4. The van der Waals surface area contributed by atoms with Crippen LogP contribution in [0.3, 0.4) is 0 Å². The molecule has 0 fully saturated rings. The number of amides is 2. The van der Waals surface area contributed by atoms with Crippen LogP contribution >= 0.6 is 0 Å².